The molecule has 0 amide bonds. The summed E-state index contributed by atoms with van der Waals surface area (Å²) in [4.78, 5) is 25.1. The highest BCUT2D eigenvalue weighted by atomic mass is 19.1. The lowest BCUT2D eigenvalue weighted by Crippen LogP contribution is -2.19. The first kappa shape index (κ1) is 14.4. The Labute approximate surface area is 135 Å². The molecule has 2 aromatic heterocycles. The Morgan fingerprint density at radius 1 is 1.04 bits per heavy atom. The number of hydrogen-bond acceptors (Lipinski definition) is 3. The molecule has 0 spiro atoms. The second-order valence-electron chi connectivity index (χ2n) is 5.53. The Balaban J connectivity index is 2.45. The average molecular weight is 324 g/mol. The molecule has 4 rings (SSSR count). The number of rotatable bonds is 1. The lowest BCUT2D eigenvalue weighted by Gasteiger charge is -2.14. The van der Waals surface area contributed by atoms with E-state index in [1.54, 1.807) is 41.8 Å². The predicted molar refractivity (Wildman–Crippen MR) is 88.2 cm³/mol. The van der Waals surface area contributed by atoms with Crippen LogP contribution in [0.25, 0.3) is 21.8 Å². The molecule has 0 N–H and O–H groups in total. The summed E-state index contributed by atoms with van der Waals surface area (Å²) in [6, 6.07) is 11.4. The van der Waals surface area contributed by atoms with Gasteiger partial charge in [-0.05, 0) is 25.1 Å². The van der Waals surface area contributed by atoms with Crippen molar-refractivity contribution >= 4 is 27.8 Å². The van der Waals surface area contributed by atoms with Crippen LogP contribution < -0.4 is 5.56 Å². The molecule has 0 saturated heterocycles. The van der Waals surface area contributed by atoms with Gasteiger partial charge in [0.1, 0.15) is 11.3 Å². The molecule has 120 valence electrons. The highest BCUT2D eigenvalue weighted by Crippen LogP contribution is 2.26. The molecule has 24 heavy (non-hydrogen) atoms. The number of carbonyl (C=O) groups is 1. The maximum atomic E-state index is 14.6. The third kappa shape index (κ3) is 1.68. The molecule has 0 radical (unpaired) electrons. The molecular weight excluding hydrogens is 311 g/mol. The number of aryl methyl sites for hydroxylation is 1. The lowest BCUT2D eigenvalue weighted by molar-refractivity contribution is 0.0601. The Morgan fingerprint density at radius 3 is 2.50 bits per heavy atom. The van der Waals surface area contributed by atoms with Crippen LogP contribution in [-0.2, 0) is 4.74 Å². The maximum Gasteiger partial charge on any atom is 0.340 e. The molecule has 4 aromatic rings. The minimum atomic E-state index is -0.576. The van der Waals surface area contributed by atoms with Crippen molar-refractivity contribution in [2.45, 2.75) is 6.92 Å². The number of ether oxygens (including phenoxy) is 1. The van der Waals surface area contributed by atoms with E-state index in [1.165, 1.54) is 23.8 Å². The van der Waals surface area contributed by atoms with E-state index in [0.29, 0.717) is 22.0 Å². The van der Waals surface area contributed by atoms with Crippen LogP contribution in [0, 0.1) is 12.7 Å². The normalized spacial score (nSPS) is 11.5. The van der Waals surface area contributed by atoms with Gasteiger partial charge in [-0.3, -0.25) is 4.79 Å². The summed E-state index contributed by atoms with van der Waals surface area (Å²) >= 11 is 0. The number of benzene rings is 2. The van der Waals surface area contributed by atoms with Gasteiger partial charge in [-0.2, -0.15) is 0 Å². The fourth-order valence-electron chi connectivity index (χ4n) is 3.28. The van der Waals surface area contributed by atoms with Crippen molar-refractivity contribution in [3.05, 3.63) is 69.9 Å². The van der Waals surface area contributed by atoms with Gasteiger partial charge < -0.3 is 4.74 Å². The third-order valence-corrected chi connectivity index (χ3v) is 4.29. The molecule has 6 heteroatoms. The van der Waals surface area contributed by atoms with Crippen molar-refractivity contribution in [2.75, 3.05) is 7.11 Å². The highest BCUT2D eigenvalue weighted by molar-refractivity contribution is 6.05. The Morgan fingerprint density at radius 2 is 1.75 bits per heavy atom. The third-order valence-electron chi connectivity index (χ3n) is 4.29. The van der Waals surface area contributed by atoms with Crippen LogP contribution in [0.1, 0.15) is 16.1 Å². The van der Waals surface area contributed by atoms with Crippen LogP contribution in [-0.4, -0.2) is 22.1 Å². The molecule has 0 aliphatic rings. The number of para-hydroxylation sites is 2. The average Bonchev–Trinajstić information content (AvgIpc) is 2.88. The molecule has 0 saturated carbocycles. The Kier molecular flexibility index (Phi) is 2.96. The number of hydrogen-bond donors (Lipinski definition) is 0. The molecule has 0 aliphatic carbocycles. The van der Waals surface area contributed by atoms with Gasteiger partial charge in [-0.25, -0.2) is 18.2 Å². The van der Waals surface area contributed by atoms with Crippen molar-refractivity contribution in [2.24, 2.45) is 0 Å². The largest absolute Gasteiger partial charge is 0.465 e. The summed E-state index contributed by atoms with van der Waals surface area (Å²) in [7, 11) is 1.27. The van der Waals surface area contributed by atoms with E-state index in [0.717, 1.165) is 0 Å². The standard InChI is InChI=1S/C18H13FN2O3/c1-10-15(18(23)24-2)12-7-5-8-13(19)16(12)21-17(22)11-6-3-4-9-14(11)20(10)21/h3-9H,1-2H3. The first-order valence-electron chi connectivity index (χ1n) is 7.38. The van der Waals surface area contributed by atoms with Gasteiger partial charge >= 0.3 is 5.97 Å². The zero-order chi connectivity index (χ0) is 17.0. The fraction of sp³-hybridized carbons (Fsp3) is 0.111. The number of fused-ring (bicyclic) bond motifs is 5. The molecule has 0 atom stereocenters. The molecule has 0 fully saturated rings. The summed E-state index contributed by atoms with van der Waals surface area (Å²) in [5.41, 5.74) is 1.09. The molecular formula is C18H13FN2O3. The van der Waals surface area contributed by atoms with Crippen LogP contribution in [0.15, 0.2) is 47.3 Å². The smallest absolute Gasteiger partial charge is 0.340 e. The Bertz CT molecular complexity index is 1200. The van der Waals surface area contributed by atoms with Crippen LogP contribution in [0.4, 0.5) is 4.39 Å². The minimum Gasteiger partial charge on any atom is -0.465 e. The first-order valence-corrected chi connectivity index (χ1v) is 7.38. The van der Waals surface area contributed by atoms with E-state index in [9.17, 15) is 14.0 Å². The van der Waals surface area contributed by atoms with Crippen molar-refractivity contribution in [3.63, 3.8) is 0 Å². The number of esters is 1. The predicted octanol–water partition coefficient (Wildman–Crippen LogP) is 2.94. The highest BCUT2D eigenvalue weighted by Gasteiger charge is 2.23. The number of methoxy groups -OCH3 is 1. The lowest BCUT2D eigenvalue weighted by atomic mass is 10.1. The zero-order valence-electron chi connectivity index (χ0n) is 13.0. The Hall–Kier alpha value is -3.15. The topological polar surface area (TPSA) is 52.2 Å². The van der Waals surface area contributed by atoms with Crippen molar-refractivity contribution in [3.8, 4) is 0 Å². The monoisotopic (exact) mass is 324 g/mol. The number of halogens is 1. The van der Waals surface area contributed by atoms with Crippen molar-refractivity contribution in [1.29, 1.82) is 0 Å². The zero-order valence-corrected chi connectivity index (χ0v) is 13.0. The van der Waals surface area contributed by atoms with Gasteiger partial charge in [-0.15, -0.1) is 0 Å². The van der Waals surface area contributed by atoms with Crippen LogP contribution in [0.5, 0.6) is 0 Å². The number of nitrogens with zero attached hydrogens (tertiary/aromatic N) is 2. The number of carbonyl (C=O) groups excluding carboxylic acids is 1. The SMILES string of the molecule is COC(=O)c1c(C)n2c3ccccc3c(=O)n2c2c(F)cccc12. The van der Waals surface area contributed by atoms with Gasteiger partial charge in [0, 0.05) is 5.39 Å². The van der Waals surface area contributed by atoms with Crippen LogP contribution in [0.3, 0.4) is 0 Å². The molecule has 0 aliphatic heterocycles. The molecule has 0 unspecified atom stereocenters. The van der Waals surface area contributed by atoms with Gasteiger partial charge in [0.15, 0.2) is 0 Å². The number of aromatic nitrogens is 2. The van der Waals surface area contributed by atoms with Gasteiger partial charge in [0.2, 0.25) is 0 Å². The minimum absolute atomic E-state index is 0.0599. The maximum absolute atomic E-state index is 14.6. The van der Waals surface area contributed by atoms with Crippen molar-refractivity contribution < 1.29 is 13.9 Å². The summed E-state index contributed by atoms with van der Waals surface area (Å²) in [6.07, 6.45) is 0. The van der Waals surface area contributed by atoms with Gasteiger partial charge in [-0.1, -0.05) is 24.3 Å². The van der Waals surface area contributed by atoms with E-state index < -0.39 is 11.8 Å². The van der Waals surface area contributed by atoms with Crippen LogP contribution in [0.2, 0.25) is 0 Å². The van der Waals surface area contributed by atoms with E-state index >= 15 is 0 Å². The summed E-state index contributed by atoms with van der Waals surface area (Å²) in [5, 5.41) is 0.800. The molecule has 2 aromatic carbocycles. The summed E-state index contributed by atoms with van der Waals surface area (Å²) in [6.45, 7) is 1.71. The van der Waals surface area contributed by atoms with E-state index in [2.05, 4.69) is 0 Å². The second kappa shape index (κ2) is 4.92. The molecule has 2 heterocycles. The van der Waals surface area contributed by atoms with Gasteiger partial charge in [0.05, 0.1) is 29.3 Å². The summed E-state index contributed by atoms with van der Waals surface area (Å²) < 4.78 is 22.3. The van der Waals surface area contributed by atoms with Crippen LogP contribution >= 0.6 is 0 Å². The quantitative estimate of drug-likeness (QED) is 0.506. The van der Waals surface area contributed by atoms with Crippen molar-refractivity contribution in [1.82, 2.24) is 9.03 Å². The van der Waals surface area contributed by atoms with E-state index in [-0.39, 0.29) is 16.6 Å². The molecule has 5 nitrogen and oxygen atoms in total. The fourth-order valence-corrected chi connectivity index (χ4v) is 3.28. The van der Waals surface area contributed by atoms with E-state index in [4.69, 9.17) is 4.74 Å². The molecule has 0 bridgehead atoms. The second-order valence-corrected chi connectivity index (χ2v) is 5.53. The van der Waals surface area contributed by atoms with E-state index in [1.807, 2.05) is 0 Å². The van der Waals surface area contributed by atoms with Gasteiger partial charge in [0.25, 0.3) is 5.56 Å². The summed E-state index contributed by atoms with van der Waals surface area (Å²) in [5.74, 6) is -1.15. The first-order chi connectivity index (χ1) is 11.6.